The van der Waals surface area contributed by atoms with Gasteiger partial charge in [0.1, 0.15) is 11.9 Å². The molecule has 70 valence electrons. The minimum atomic E-state index is -0.598. The molecular formula is C8H11N3O2. The molecule has 1 N–H and O–H groups in total. The summed E-state index contributed by atoms with van der Waals surface area (Å²) in [5, 5.41) is 11.7. The van der Waals surface area contributed by atoms with Crippen molar-refractivity contribution in [1.29, 1.82) is 5.26 Å². The molecule has 0 spiro atoms. The zero-order valence-electron chi connectivity index (χ0n) is 7.63. The third kappa shape index (κ3) is 1.72. The normalized spacial score (nSPS) is 19.0. The lowest BCUT2D eigenvalue weighted by atomic mass is 10.3. The van der Waals surface area contributed by atoms with Gasteiger partial charge >= 0.3 is 5.97 Å². The second-order valence-electron chi connectivity index (χ2n) is 2.68. The minimum absolute atomic E-state index is 0.0301. The molecular weight excluding hydrogens is 170 g/mol. The van der Waals surface area contributed by atoms with E-state index in [9.17, 15) is 4.79 Å². The first-order chi connectivity index (χ1) is 6.20. The monoisotopic (exact) mass is 181 g/mol. The Labute approximate surface area is 76.6 Å². The predicted molar refractivity (Wildman–Crippen MR) is 45.3 cm³/mol. The molecule has 0 aliphatic carbocycles. The first-order valence-corrected chi connectivity index (χ1v) is 3.88. The summed E-state index contributed by atoms with van der Waals surface area (Å²) in [5.41, 5.74) is 0.0301. The van der Waals surface area contributed by atoms with Crippen LogP contribution in [0.3, 0.4) is 0 Å². The summed E-state index contributed by atoms with van der Waals surface area (Å²) in [4.78, 5) is 12.9. The van der Waals surface area contributed by atoms with Crippen LogP contribution in [0.15, 0.2) is 11.4 Å². The molecule has 1 rings (SSSR count). The molecule has 1 aliphatic rings. The first kappa shape index (κ1) is 9.39. The zero-order chi connectivity index (χ0) is 9.84. The Bertz CT molecular complexity index is 290. The highest BCUT2D eigenvalue weighted by molar-refractivity contribution is 5.93. The van der Waals surface area contributed by atoms with Gasteiger partial charge in [0.2, 0.25) is 0 Å². The van der Waals surface area contributed by atoms with Gasteiger partial charge in [-0.2, -0.15) is 5.26 Å². The van der Waals surface area contributed by atoms with Crippen LogP contribution in [0.4, 0.5) is 0 Å². The van der Waals surface area contributed by atoms with E-state index in [1.807, 2.05) is 18.0 Å². The Kier molecular flexibility index (Phi) is 2.75. The van der Waals surface area contributed by atoms with E-state index in [2.05, 4.69) is 10.1 Å². The lowest BCUT2D eigenvalue weighted by Gasteiger charge is -2.12. The van der Waals surface area contributed by atoms with Gasteiger partial charge in [-0.25, -0.2) is 4.79 Å². The number of nitrogens with zero attached hydrogens (tertiary/aromatic N) is 2. The number of ether oxygens (including phenoxy) is 1. The maximum atomic E-state index is 11.1. The number of nitrogens with one attached hydrogen (secondary N) is 1. The minimum Gasteiger partial charge on any atom is -0.465 e. The van der Waals surface area contributed by atoms with Crippen molar-refractivity contribution in [3.63, 3.8) is 0 Å². The lowest BCUT2D eigenvalue weighted by molar-refractivity contribution is -0.135. The number of hydrogen-bond donors (Lipinski definition) is 1. The Morgan fingerprint density at radius 3 is 2.85 bits per heavy atom. The zero-order valence-corrected chi connectivity index (χ0v) is 7.63. The number of carbonyl (C=O) groups is 1. The molecule has 0 radical (unpaired) electrons. The van der Waals surface area contributed by atoms with Crippen molar-refractivity contribution < 1.29 is 9.53 Å². The van der Waals surface area contributed by atoms with Crippen molar-refractivity contribution in [3.8, 4) is 6.07 Å². The molecule has 0 aromatic rings. The van der Waals surface area contributed by atoms with Gasteiger partial charge in [0.25, 0.3) is 0 Å². The van der Waals surface area contributed by atoms with Gasteiger partial charge in [-0.05, 0) is 0 Å². The standard InChI is InChI=1S/C8H11N3O2/c1-11-4-3-10-7(11)6(5-9)8(12)13-2/h10H,3-4H2,1-2H3/b7-6+. The Balaban J connectivity index is 2.98. The number of methoxy groups -OCH3 is 1. The SMILES string of the molecule is COC(=O)/C(C#N)=C1\NCCN1C. The summed E-state index contributed by atoms with van der Waals surface area (Å²) >= 11 is 0. The molecule has 0 unspecified atom stereocenters. The van der Waals surface area contributed by atoms with E-state index in [1.165, 1.54) is 7.11 Å². The van der Waals surface area contributed by atoms with Crippen LogP contribution in [0.5, 0.6) is 0 Å². The maximum Gasteiger partial charge on any atom is 0.352 e. The van der Waals surface area contributed by atoms with Gasteiger partial charge in [-0.15, -0.1) is 0 Å². The topological polar surface area (TPSA) is 65.4 Å². The fraction of sp³-hybridized carbons (Fsp3) is 0.500. The van der Waals surface area contributed by atoms with E-state index in [1.54, 1.807) is 0 Å². The largest absolute Gasteiger partial charge is 0.465 e. The highest BCUT2D eigenvalue weighted by Crippen LogP contribution is 2.10. The van der Waals surface area contributed by atoms with Gasteiger partial charge in [0.15, 0.2) is 5.57 Å². The van der Waals surface area contributed by atoms with Crippen LogP contribution < -0.4 is 5.32 Å². The number of carbonyl (C=O) groups excluding carboxylic acids is 1. The van der Waals surface area contributed by atoms with E-state index in [4.69, 9.17) is 5.26 Å². The summed E-state index contributed by atoms with van der Waals surface area (Å²) in [5.74, 6) is -0.0481. The lowest BCUT2D eigenvalue weighted by Crippen LogP contribution is -2.20. The Morgan fingerprint density at radius 2 is 2.46 bits per heavy atom. The fourth-order valence-corrected chi connectivity index (χ4v) is 1.17. The van der Waals surface area contributed by atoms with E-state index in [0.717, 1.165) is 13.1 Å². The number of hydrogen-bond acceptors (Lipinski definition) is 5. The molecule has 0 aromatic heterocycles. The van der Waals surface area contributed by atoms with E-state index >= 15 is 0 Å². The smallest absolute Gasteiger partial charge is 0.352 e. The Morgan fingerprint density at radius 1 is 1.77 bits per heavy atom. The van der Waals surface area contributed by atoms with Gasteiger partial charge < -0.3 is 15.0 Å². The van der Waals surface area contributed by atoms with Crippen molar-refractivity contribution in [3.05, 3.63) is 11.4 Å². The summed E-state index contributed by atoms with van der Waals surface area (Å²) in [6.07, 6.45) is 0. The highest BCUT2D eigenvalue weighted by atomic mass is 16.5. The van der Waals surface area contributed by atoms with E-state index in [-0.39, 0.29) is 5.57 Å². The molecule has 0 aromatic carbocycles. The van der Waals surface area contributed by atoms with Crippen molar-refractivity contribution in [2.45, 2.75) is 0 Å². The number of nitriles is 1. The van der Waals surface area contributed by atoms with Gasteiger partial charge in [-0.3, -0.25) is 0 Å². The number of esters is 1. The molecule has 0 saturated carbocycles. The highest BCUT2D eigenvalue weighted by Gasteiger charge is 2.22. The number of likely N-dealkylation sites (N-methyl/N-ethyl adjacent to an activating group) is 1. The first-order valence-electron chi connectivity index (χ1n) is 3.88. The van der Waals surface area contributed by atoms with E-state index < -0.39 is 5.97 Å². The van der Waals surface area contributed by atoms with Crippen molar-refractivity contribution in [2.24, 2.45) is 0 Å². The third-order valence-electron chi connectivity index (χ3n) is 1.86. The average Bonchev–Trinajstić information content (AvgIpc) is 2.53. The van der Waals surface area contributed by atoms with Crippen molar-refractivity contribution in [2.75, 3.05) is 27.2 Å². The molecule has 1 heterocycles. The molecule has 0 bridgehead atoms. The summed E-state index contributed by atoms with van der Waals surface area (Å²) in [6, 6.07) is 1.83. The van der Waals surface area contributed by atoms with Crippen LogP contribution in [-0.2, 0) is 9.53 Å². The third-order valence-corrected chi connectivity index (χ3v) is 1.86. The van der Waals surface area contributed by atoms with Gasteiger partial charge in [0, 0.05) is 20.1 Å². The van der Waals surface area contributed by atoms with Crippen LogP contribution in [0.25, 0.3) is 0 Å². The van der Waals surface area contributed by atoms with Crippen LogP contribution in [-0.4, -0.2) is 38.1 Å². The number of rotatable bonds is 1. The van der Waals surface area contributed by atoms with Crippen molar-refractivity contribution >= 4 is 5.97 Å². The summed E-state index contributed by atoms with van der Waals surface area (Å²) in [7, 11) is 3.07. The quantitative estimate of drug-likeness (QED) is 0.333. The summed E-state index contributed by atoms with van der Waals surface area (Å²) in [6.45, 7) is 1.53. The maximum absolute atomic E-state index is 11.1. The molecule has 13 heavy (non-hydrogen) atoms. The molecule has 5 heteroatoms. The Hall–Kier alpha value is -1.70. The molecule has 0 atom stereocenters. The van der Waals surface area contributed by atoms with Gasteiger partial charge in [0.05, 0.1) is 7.11 Å². The molecule has 1 fully saturated rings. The van der Waals surface area contributed by atoms with Crippen LogP contribution >= 0.6 is 0 Å². The molecule has 0 amide bonds. The summed E-state index contributed by atoms with van der Waals surface area (Å²) < 4.78 is 4.48. The molecule has 5 nitrogen and oxygen atoms in total. The van der Waals surface area contributed by atoms with Crippen LogP contribution in [0, 0.1) is 11.3 Å². The van der Waals surface area contributed by atoms with Crippen LogP contribution in [0.2, 0.25) is 0 Å². The molecule has 1 aliphatic heterocycles. The van der Waals surface area contributed by atoms with Gasteiger partial charge in [-0.1, -0.05) is 0 Å². The molecule has 1 saturated heterocycles. The second kappa shape index (κ2) is 3.81. The predicted octanol–water partition coefficient (Wildman–Crippen LogP) is -0.570. The fourth-order valence-electron chi connectivity index (χ4n) is 1.17. The average molecular weight is 181 g/mol. The van der Waals surface area contributed by atoms with E-state index in [0.29, 0.717) is 5.82 Å². The second-order valence-corrected chi connectivity index (χ2v) is 2.68. The van der Waals surface area contributed by atoms with Crippen molar-refractivity contribution in [1.82, 2.24) is 10.2 Å². The van der Waals surface area contributed by atoms with Crippen LogP contribution in [0.1, 0.15) is 0 Å².